The van der Waals surface area contributed by atoms with Crippen LogP contribution in [-0.4, -0.2) is 40.1 Å². The average molecular weight is 514 g/mol. The van der Waals surface area contributed by atoms with Crippen molar-refractivity contribution in [3.05, 3.63) is 95.1 Å². The van der Waals surface area contributed by atoms with Gasteiger partial charge in [-0.1, -0.05) is 48.5 Å². The highest BCUT2D eigenvalue weighted by molar-refractivity contribution is 6.22. The van der Waals surface area contributed by atoms with Gasteiger partial charge in [0.05, 0.1) is 29.1 Å². The van der Waals surface area contributed by atoms with E-state index in [0.717, 1.165) is 16.5 Å². The Kier molecular flexibility index (Phi) is 7.81. The number of aromatic amines is 1. The first kappa shape index (κ1) is 26.5. The van der Waals surface area contributed by atoms with Gasteiger partial charge in [0.2, 0.25) is 0 Å². The van der Waals surface area contributed by atoms with Crippen LogP contribution in [0.4, 0.5) is 10.5 Å². The molecule has 3 aromatic carbocycles. The number of H-pyrrole nitrogens is 1. The van der Waals surface area contributed by atoms with E-state index in [0.29, 0.717) is 34.6 Å². The third-order valence-electron chi connectivity index (χ3n) is 5.59. The van der Waals surface area contributed by atoms with Crippen molar-refractivity contribution in [2.45, 2.75) is 39.8 Å². The molecule has 0 spiro atoms. The standard InChI is InChI=1S/C30H31N3O5/c1-5-37-28(35)21-13-16-23-24(17-21)33-27(34)25(23)26(20-9-7-6-8-10-20)32-22-14-11-19(12-15-22)18-31-29(36)38-30(2,3)4/h6-17,33-34H,5,18H2,1-4H3,(H,31,36). The van der Waals surface area contributed by atoms with E-state index < -0.39 is 17.7 Å². The van der Waals surface area contributed by atoms with Gasteiger partial charge in [-0.15, -0.1) is 0 Å². The van der Waals surface area contributed by atoms with Gasteiger partial charge in [-0.05, 0) is 57.5 Å². The van der Waals surface area contributed by atoms with Crippen LogP contribution in [0.15, 0.2) is 77.8 Å². The predicted octanol–water partition coefficient (Wildman–Crippen LogP) is 6.24. The van der Waals surface area contributed by atoms with Gasteiger partial charge in [-0.25, -0.2) is 14.6 Å². The zero-order chi connectivity index (χ0) is 27.3. The van der Waals surface area contributed by atoms with Gasteiger partial charge in [-0.3, -0.25) is 0 Å². The second kappa shape index (κ2) is 11.2. The van der Waals surface area contributed by atoms with Crippen LogP contribution < -0.4 is 5.32 Å². The summed E-state index contributed by atoms with van der Waals surface area (Å²) < 4.78 is 10.4. The molecule has 0 aliphatic carbocycles. The molecule has 8 heteroatoms. The molecule has 0 bridgehead atoms. The van der Waals surface area contributed by atoms with E-state index in [1.165, 1.54) is 0 Å². The molecule has 4 rings (SSSR count). The van der Waals surface area contributed by atoms with Gasteiger partial charge >= 0.3 is 12.1 Å². The Labute approximate surface area is 221 Å². The minimum absolute atomic E-state index is 0.0539. The molecule has 4 aromatic rings. The van der Waals surface area contributed by atoms with Crippen LogP contribution in [0, 0.1) is 0 Å². The molecular formula is C30H31N3O5. The highest BCUT2D eigenvalue weighted by atomic mass is 16.6. The number of fused-ring (bicyclic) bond motifs is 1. The molecule has 1 heterocycles. The zero-order valence-corrected chi connectivity index (χ0v) is 21.9. The number of hydrogen-bond acceptors (Lipinski definition) is 6. The number of carbonyl (C=O) groups excluding carboxylic acids is 2. The van der Waals surface area contributed by atoms with Crippen LogP contribution in [-0.2, 0) is 16.0 Å². The fourth-order valence-electron chi connectivity index (χ4n) is 3.93. The molecule has 0 saturated carbocycles. The number of aromatic nitrogens is 1. The lowest BCUT2D eigenvalue weighted by molar-refractivity contribution is 0.0514. The largest absolute Gasteiger partial charge is 0.494 e. The minimum atomic E-state index is -0.565. The molecule has 0 fully saturated rings. The molecule has 0 aliphatic rings. The van der Waals surface area contributed by atoms with Gasteiger partial charge in [0.1, 0.15) is 5.60 Å². The number of alkyl carbamates (subject to hydrolysis) is 1. The van der Waals surface area contributed by atoms with E-state index in [1.807, 2.05) is 75.4 Å². The number of ether oxygens (including phenoxy) is 2. The quantitative estimate of drug-likeness (QED) is 0.200. The molecule has 1 amide bonds. The molecule has 8 nitrogen and oxygen atoms in total. The van der Waals surface area contributed by atoms with Crippen LogP contribution in [0.5, 0.6) is 5.88 Å². The molecule has 0 atom stereocenters. The van der Waals surface area contributed by atoms with Crippen LogP contribution >= 0.6 is 0 Å². The van der Waals surface area contributed by atoms with E-state index in [2.05, 4.69) is 10.3 Å². The first-order valence-electron chi connectivity index (χ1n) is 12.4. The second-order valence-corrected chi connectivity index (χ2v) is 9.68. The average Bonchev–Trinajstić information content (AvgIpc) is 3.21. The monoisotopic (exact) mass is 513 g/mol. The summed E-state index contributed by atoms with van der Waals surface area (Å²) >= 11 is 0. The summed E-state index contributed by atoms with van der Waals surface area (Å²) in [6.45, 7) is 7.79. The number of nitrogens with zero attached hydrogens (tertiary/aromatic N) is 1. The first-order valence-corrected chi connectivity index (χ1v) is 12.4. The Morgan fingerprint density at radius 1 is 0.974 bits per heavy atom. The number of aromatic hydroxyl groups is 1. The van der Waals surface area contributed by atoms with Crippen molar-refractivity contribution >= 4 is 34.4 Å². The van der Waals surface area contributed by atoms with Crippen molar-refractivity contribution < 1.29 is 24.2 Å². The number of carbonyl (C=O) groups is 2. The van der Waals surface area contributed by atoms with E-state index in [1.54, 1.807) is 25.1 Å². The lowest BCUT2D eigenvalue weighted by Gasteiger charge is -2.19. The zero-order valence-electron chi connectivity index (χ0n) is 21.9. The van der Waals surface area contributed by atoms with Crippen molar-refractivity contribution in [3.63, 3.8) is 0 Å². The molecule has 1 aromatic heterocycles. The molecule has 0 saturated heterocycles. The smallest absolute Gasteiger partial charge is 0.407 e. The summed E-state index contributed by atoms with van der Waals surface area (Å²) in [6.07, 6.45) is -0.480. The second-order valence-electron chi connectivity index (χ2n) is 9.68. The maximum Gasteiger partial charge on any atom is 0.407 e. The van der Waals surface area contributed by atoms with Gasteiger partial charge in [0.25, 0.3) is 0 Å². The van der Waals surface area contributed by atoms with Crippen LogP contribution in [0.2, 0.25) is 0 Å². The minimum Gasteiger partial charge on any atom is -0.494 e. The van der Waals surface area contributed by atoms with Crippen molar-refractivity contribution in [2.75, 3.05) is 6.61 Å². The maximum absolute atomic E-state index is 12.2. The summed E-state index contributed by atoms with van der Waals surface area (Å²) in [5, 5.41) is 14.4. The molecule has 0 unspecified atom stereocenters. The summed E-state index contributed by atoms with van der Waals surface area (Å²) in [5.41, 5.74) is 3.88. The Hall–Kier alpha value is -4.59. The number of aliphatic imine (C=N–C) groups is 1. The molecule has 0 radical (unpaired) electrons. The summed E-state index contributed by atoms with van der Waals surface area (Å²) in [4.78, 5) is 32.0. The lowest BCUT2D eigenvalue weighted by atomic mass is 10.00. The number of esters is 1. The third-order valence-corrected chi connectivity index (χ3v) is 5.59. The Balaban J connectivity index is 1.67. The van der Waals surface area contributed by atoms with Crippen LogP contribution in [0.1, 0.15) is 54.7 Å². The molecule has 0 aliphatic heterocycles. The molecule has 38 heavy (non-hydrogen) atoms. The maximum atomic E-state index is 12.2. The number of amides is 1. The SMILES string of the molecule is CCOC(=O)c1ccc2c(C(=Nc3ccc(CNC(=O)OC(C)(C)C)cc3)c3ccccc3)c(O)[nH]c2c1. The number of rotatable bonds is 7. The fourth-order valence-corrected chi connectivity index (χ4v) is 3.93. The Morgan fingerprint density at radius 3 is 2.34 bits per heavy atom. The topological polar surface area (TPSA) is 113 Å². The van der Waals surface area contributed by atoms with Gasteiger partial charge in [0, 0.05) is 23.0 Å². The summed E-state index contributed by atoms with van der Waals surface area (Å²) in [6, 6.07) is 22.1. The van der Waals surface area contributed by atoms with E-state index in [-0.39, 0.29) is 12.5 Å². The molecular weight excluding hydrogens is 482 g/mol. The number of benzene rings is 3. The number of nitrogens with one attached hydrogen (secondary N) is 2. The van der Waals surface area contributed by atoms with Gasteiger partial charge in [-0.2, -0.15) is 0 Å². The number of hydrogen-bond donors (Lipinski definition) is 3. The van der Waals surface area contributed by atoms with Crippen molar-refractivity contribution in [1.29, 1.82) is 0 Å². The van der Waals surface area contributed by atoms with Gasteiger partial charge < -0.3 is 24.9 Å². The fraction of sp³-hybridized carbons (Fsp3) is 0.233. The van der Waals surface area contributed by atoms with Crippen LogP contribution in [0.25, 0.3) is 10.9 Å². The Bertz CT molecular complexity index is 1470. The van der Waals surface area contributed by atoms with E-state index in [4.69, 9.17) is 14.5 Å². The highest BCUT2D eigenvalue weighted by Gasteiger charge is 2.20. The summed E-state index contributed by atoms with van der Waals surface area (Å²) in [5.74, 6) is -0.481. The van der Waals surface area contributed by atoms with Crippen molar-refractivity contribution in [3.8, 4) is 5.88 Å². The Morgan fingerprint density at radius 2 is 1.68 bits per heavy atom. The first-order chi connectivity index (χ1) is 18.1. The van der Waals surface area contributed by atoms with E-state index >= 15 is 0 Å². The van der Waals surface area contributed by atoms with Gasteiger partial charge in [0.15, 0.2) is 5.88 Å². The molecule has 196 valence electrons. The molecule has 3 N–H and O–H groups in total. The van der Waals surface area contributed by atoms with Crippen LogP contribution in [0.3, 0.4) is 0 Å². The predicted molar refractivity (Wildman–Crippen MR) is 147 cm³/mol. The van der Waals surface area contributed by atoms with E-state index in [9.17, 15) is 14.7 Å². The summed E-state index contributed by atoms with van der Waals surface area (Å²) in [7, 11) is 0. The third kappa shape index (κ3) is 6.39. The highest BCUT2D eigenvalue weighted by Crippen LogP contribution is 2.32. The lowest BCUT2D eigenvalue weighted by Crippen LogP contribution is -2.32. The normalized spacial score (nSPS) is 11.8. The van der Waals surface area contributed by atoms with Crippen molar-refractivity contribution in [1.82, 2.24) is 10.3 Å². The van der Waals surface area contributed by atoms with Crippen molar-refractivity contribution in [2.24, 2.45) is 4.99 Å².